The molecule has 3 rings (SSSR count). The molecule has 2 aromatic carbocycles. The van der Waals surface area contributed by atoms with Gasteiger partial charge in [-0.25, -0.2) is 0 Å². The van der Waals surface area contributed by atoms with Crippen LogP contribution in [0.1, 0.15) is 28.1 Å². The molecule has 0 saturated heterocycles. The van der Waals surface area contributed by atoms with Gasteiger partial charge in [-0.3, -0.25) is 9.36 Å². The summed E-state index contributed by atoms with van der Waals surface area (Å²) < 4.78 is 7.85. The minimum absolute atomic E-state index is 0.0885. The summed E-state index contributed by atoms with van der Waals surface area (Å²) >= 11 is 1.34. The van der Waals surface area contributed by atoms with Gasteiger partial charge in [0.1, 0.15) is 12.4 Å². The number of aromatic nitrogens is 3. The fourth-order valence-electron chi connectivity index (χ4n) is 3.16. The first kappa shape index (κ1) is 22.6. The second-order valence-corrected chi connectivity index (χ2v) is 8.49. The van der Waals surface area contributed by atoms with Crippen molar-refractivity contribution in [1.29, 1.82) is 0 Å². The Morgan fingerprint density at radius 1 is 1.10 bits per heavy atom. The molecule has 1 amide bonds. The van der Waals surface area contributed by atoms with Gasteiger partial charge < -0.3 is 10.1 Å². The van der Waals surface area contributed by atoms with Crippen LogP contribution in [-0.4, -0.2) is 26.4 Å². The third-order valence-electron chi connectivity index (χ3n) is 4.79. The van der Waals surface area contributed by atoms with Gasteiger partial charge in [0.15, 0.2) is 11.0 Å². The van der Waals surface area contributed by atoms with Crippen molar-refractivity contribution in [3.63, 3.8) is 0 Å². The number of hydrogen-bond donors (Lipinski definition) is 1. The van der Waals surface area contributed by atoms with E-state index in [4.69, 9.17) is 4.74 Å². The van der Waals surface area contributed by atoms with Crippen molar-refractivity contribution in [3.8, 4) is 5.75 Å². The van der Waals surface area contributed by atoms with Crippen LogP contribution in [0.15, 0.2) is 54.2 Å². The summed E-state index contributed by atoms with van der Waals surface area (Å²) in [7, 11) is 0. The Bertz CT molecular complexity index is 1070. The van der Waals surface area contributed by atoms with Crippen molar-refractivity contribution in [3.05, 3.63) is 77.1 Å². The molecule has 0 saturated carbocycles. The van der Waals surface area contributed by atoms with Crippen molar-refractivity contribution in [2.45, 2.75) is 46.0 Å². The predicted molar refractivity (Wildman–Crippen MR) is 126 cm³/mol. The fourth-order valence-corrected chi connectivity index (χ4v) is 3.92. The van der Waals surface area contributed by atoms with Gasteiger partial charge in [-0.2, -0.15) is 0 Å². The number of hydrogen-bond acceptors (Lipinski definition) is 5. The Hall–Kier alpha value is -3.06. The number of carbonyl (C=O) groups is 1. The molecular formula is C24H28N4O2S. The van der Waals surface area contributed by atoms with E-state index in [-0.39, 0.29) is 11.7 Å². The molecule has 0 unspecified atom stereocenters. The molecule has 162 valence electrons. The zero-order valence-electron chi connectivity index (χ0n) is 18.4. The van der Waals surface area contributed by atoms with Gasteiger partial charge in [-0.1, -0.05) is 30.0 Å². The topological polar surface area (TPSA) is 69.0 Å². The molecule has 3 aromatic rings. The number of thioether (sulfide) groups is 1. The summed E-state index contributed by atoms with van der Waals surface area (Å²) in [6, 6.07) is 12.0. The molecule has 1 heterocycles. The number of aryl methyl sites for hydroxylation is 4. The summed E-state index contributed by atoms with van der Waals surface area (Å²) in [5.41, 5.74) is 5.43. The van der Waals surface area contributed by atoms with E-state index in [2.05, 4.69) is 28.2 Å². The lowest BCUT2D eigenvalue weighted by molar-refractivity contribution is -0.113. The molecule has 0 radical (unpaired) electrons. The first-order valence-corrected chi connectivity index (χ1v) is 11.1. The van der Waals surface area contributed by atoms with Crippen LogP contribution in [0.2, 0.25) is 0 Å². The van der Waals surface area contributed by atoms with Gasteiger partial charge in [0.2, 0.25) is 5.91 Å². The van der Waals surface area contributed by atoms with E-state index in [0.717, 1.165) is 28.1 Å². The molecule has 0 fully saturated rings. The van der Waals surface area contributed by atoms with Crippen LogP contribution in [0.3, 0.4) is 0 Å². The number of carbonyl (C=O) groups excluding carboxylic acids is 1. The molecule has 31 heavy (non-hydrogen) atoms. The maximum absolute atomic E-state index is 12.4. The zero-order chi connectivity index (χ0) is 22.4. The van der Waals surface area contributed by atoms with E-state index in [0.29, 0.717) is 24.1 Å². The minimum Gasteiger partial charge on any atom is -0.486 e. The second-order valence-electron chi connectivity index (χ2n) is 7.55. The molecule has 6 nitrogen and oxygen atoms in total. The van der Waals surface area contributed by atoms with Crippen LogP contribution in [0.25, 0.3) is 0 Å². The summed E-state index contributed by atoms with van der Waals surface area (Å²) in [5.74, 6) is 1.64. The number of rotatable bonds is 9. The van der Waals surface area contributed by atoms with E-state index in [9.17, 15) is 4.79 Å². The molecule has 0 aliphatic heterocycles. The highest BCUT2D eigenvalue weighted by Gasteiger charge is 2.14. The SMILES string of the molecule is C=CCn1c(COc2cc(C)cc(C)c2)nnc1SCC(=O)Nc1ccc(C)c(C)c1. The van der Waals surface area contributed by atoms with Crippen molar-refractivity contribution < 1.29 is 9.53 Å². The first-order chi connectivity index (χ1) is 14.9. The number of benzene rings is 2. The highest BCUT2D eigenvalue weighted by molar-refractivity contribution is 7.99. The first-order valence-electron chi connectivity index (χ1n) is 10.1. The average Bonchev–Trinajstić information content (AvgIpc) is 3.09. The quantitative estimate of drug-likeness (QED) is 0.377. The number of ether oxygens (including phenoxy) is 1. The van der Waals surface area contributed by atoms with Gasteiger partial charge in [-0.05, 0) is 74.2 Å². The minimum atomic E-state index is -0.0885. The predicted octanol–water partition coefficient (Wildman–Crippen LogP) is 5.01. The van der Waals surface area contributed by atoms with Crippen LogP contribution in [-0.2, 0) is 17.9 Å². The number of allylic oxidation sites excluding steroid dienone is 1. The molecule has 1 aromatic heterocycles. The molecule has 0 atom stereocenters. The lowest BCUT2D eigenvalue weighted by Crippen LogP contribution is -2.15. The summed E-state index contributed by atoms with van der Waals surface area (Å²) in [5, 5.41) is 12.1. The molecule has 7 heteroatoms. The Balaban J connectivity index is 1.63. The van der Waals surface area contributed by atoms with Gasteiger partial charge in [-0.15, -0.1) is 16.8 Å². The molecule has 0 bridgehead atoms. The smallest absolute Gasteiger partial charge is 0.234 e. The van der Waals surface area contributed by atoms with Crippen LogP contribution in [0.4, 0.5) is 5.69 Å². The molecule has 0 spiro atoms. The maximum Gasteiger partial charge on any atom is 0.234 e. The lowest BCUT2D eigenvalue weighted by Gasteiger charge is -2.10. The molecule has 1 N–H and O–H groups in total. The van der Waals surface area contributed by atoms with E-state index < -0.39 is 0 Å². The largest absolute Gasteiger partial charge is 0.486 e. The lowest BCUT2D eigenvalue weighted by atomic mass is 10.1. The number of anilines is 1. The number of nitrogens with one attached hydrogen (secondary N) is 1. The Labute approximate surface area is 187 Å². The monoisotopic (exact) mass is 436 g/mol. The van der Waals surface area contributed by atoms with Crippen molar-refractivity contribution >= 4 is 23.4 Å². The highest BCUT2D eigenvalue weighted by Crippen LogP contribution is 2.21. The summed E-state index contributed by atoms with van der Waals surface area (Å²) in [6.45, 7) is 12.8. The molecule has 0 aliphatic carbocycles. The van der Waals surface area contributed by atoms with Crippen molar-refractivity contribution in [1.82, 2.24) is 14.8 Å². The normalized spacial score (nSPS) is 10.7. The van der Waals surface area contributed by atoms with Crippen molar-refractivity contribution in [2.75, 3.05) is 11.1 Å². The van der Waals surface area contributed by atoms with E-state index >= 15 is 0 Å². The second kappa shape index (κ2) is 10.3. The zero-order valence-corrected chi connectivity index (χ0v) is 19.3. The van der Waals surface area contributed by atoms with E-state index in [1.54, 1.807) is 6.08 Å². The van der Waals surface area contributed by atoms with Gasteiger partial charge in [0.05, 0.1) is 5.75 Å². The fraction of sp³-hybridized carbons (Fsp3) is 0.292. The van der Waals surface area contributed by atoms with Crippen LogP contribution in [0, 0.1) is 27.7 Å². The highest BCUT2D eigenvalue weighted by atomic mass is 32.2. The average molecular weight is 437 g/mol. The summed E-state index contributed by atoms with van der Waals surface area (Å²) in [4.78, 5) is 12.4. The third kappa shape index (κ3) is 6.21. The van der Waals surface area contributed by atoms with Crippen LogP contribution >= 0.6 is 11.8 Å². The van der Waals surface area contributed by atoms with Gasteiger partial charge in [0, 0.05) is 12.2 Å². The van der Waals surface area contributed by atoms with E-state index in [1.165, 1.54) is 17.3 Å². The van der Waals surface area contributed by atoms with Gasteiger partial charge in [0.25, 0.3) is 0 Å². The van der Waals surface area contributed by atoms with Crippen molar-refractivity contribution in [2.24, 2.45) is 0 Å². The number of nitrogens with zero attached hydrogens (tertiary/aromatic N) is 3. The maximum atomic E-state index is 12.4. The Kier molecular flexibility index (Phi) is 7.52. The standard InChI is InChI=1S/C24H28N4O2S/c1-6-9-28-22(14-30-21-11-16(2)10-17(3)12-21)26-27-24(28)31-15-23(29)25-20-8-7-18(4)19(5)13-20/h6-8,10-13H,1,9,14-15H2,2-5H3,(H,25,29). The Morgan fingerprint density at radius 2 is 1.84 bits per heavy atom. The van der Waals surface area contributed by atoms with Gasteiger partial charge >= 0.3 is 0 Å². The summed E-state index contributed by atoms with van der Waals surface area (Å²) in [6.07, 6.45) is 1.78. The van der Waals surface area contributed by atoms with E-state index in [1.807, 2.05) is 62.6 Å². The van der Waals surface area contributed by atoms with Crippen LogP contribution in [0.5, 0.6) is 5.75 Å². The molecule has 0 aliphatic rings. The third-order valence-corrected chi connectivity index (χ3v) is 5.76. The number of amides is 1. The Morgan fingerprint density at radius 3 is 2.52 bits per heavy atom. The van der Waals surface area contributed by atoms with Crippen LogP contribution < -0.4 is 10.1 Å². The molecular weight excluding hydrogens is 408 g/mol.